The Balaban J connectivity index is 2.36. The van der Waals surface area contributed by atoms with Gasteiger partial charge in [0.25, 0.3) is 0 Å². The average molecular weight is 303 g/mol. The molecule has 1 nitrogen and oxygen atoms in total. The molecule has 1 heterocycles. The zero-order valence-electron chi connectivity index (χ0n) is 9.91. The van der Waals surface area contributed by atoms with Crippen LogP contribution in [-0.4, -0.2) is 6.54 Å². The van der Waals surface area contributed by atoms with Gasteiger partial charge in [0.05, 0.1) is 9.77 Å². The third-order valence-electron chi connectivity index (χ3n) is 2.49. The van der Waals surface area contributed by atoms with Gasteiger partial charge >= 0.3 is 6.18 Å². The van der Waals surface area contributed by atoms with Crippen molar-refractivity contribution in [2.75, 3.05) is 6.54 Å². The molecule has 0 radical (unpaired) electrons. The number of alkyl halides is 3. The first-order chi connectivity index (χ1) is 9.00. The first-order valence-corrected chi connectivity index (χ1v) is 7.32. The zero-order valence-corrected chi connectivity index (χ0v) is 11.5. The van der Waals surface area contributed by atoms with Crippen molar-refractivity contribution in [2.24, 2.45) is 5.73 Å². The Morgan fingerprint density at radius 1 is 1.21 bits per heavy atom. The lowest BCUT2D eigenvalue weighted by Gasteiger charge is -2.13. The molecular formula is C13H12F3NS2. The van der Waals surface area contributed by atoms with Gasteiger partial charge in [0.1, 0.15) is 0 Å². The highest BCUT2D eigenvalue weighted by Crippen LogP contribution is 2.41. The number of thiophene rings is 1. The van der Waals surface area contributed by atoms with Gasteiger partial charge in [0, 0.05) is 4.90 Å². The molecule has 2 aromatic rings. The summed E-state index contributed by atoms with van der Waals surface area (Å²) in [6, 6.07) is 8.06. The van der Waals surface area contributed by atoms with E-state index in [1.165, 1.54) is 23.5 Å². The molecule has 0 spiro atoms. The highest BCUT2D eigenvalue weighted by atomic mass is 32.2. The molecule has 2 N–H and O–H groups in total. The van der Waals surface area contributed by atoms with Gasteiger partial charge in [-0.1, -0.05) is 23.9 Å². The third-order valence-corrected chi connectivity index (χ3v) is 4.60. The molecule has 0 amide bonds. The molecule has 0 aliphatic carbocycles. The van der Waals surface area contributed by atoms with E-state index in [2.05, 4.69) is 0 Å². The van der Waals surface area contributed by atoms with Gasteiger partial charge in [0.2, 0.25) is 0 Å². The predicted molar refractivity (Wildman–Crippen MR) is 72.6 cm³/mol. The van der Waals surface area contributed by atoms with E-state index in [1.807, 2.05) is 17.5 Å². The monoisotopic (exact) mass is 303 g/mol. The second-order valence-corrected chi connectivity index (χ2v) is 6.19. The number of rotatable bonds is 4. The van der Waals surface area contributed by atoms with Crippen LogP contribution in [0.5, 0.6) is 0 Å². The molecule has 1 aromatic heterocycles. The zero-order chi connectivity index (χ0) is 13.9. The van der Waals surface area contributed by atoms with Crippen LogP contribution in [0, 0.1) is 0 Å². The summed E-state index contributed by atoms with van der Waals surface area (Å²) in [4.78, 5) is 0.232. The average Bonchev–Trinajstić information content (AvgIpc) is 2.83. The van der Waals surface area contributed by atoms with Crippen LogP contribution in [0.15, 0.2) is 44.8 Å². The number of hydrogen-bond donors (Lipinski definition) is 1. The lowest BCUT2D eigenvalue weighted by Crippen LogP contribution is -2.09. The van der Waals surface area contributed by atoms with Gasteiger partial charge in [0.15, 0.2) is 0 Å². The van der Waals surface area contributed by atoms with Crippen molar-refractivity contribution < 1.29 is 13.2 Å². The molecule has 0 saturated carbocycles. The Bertz CT molecular complexity index is 535. The highest BCUT2D eigenvalue weighted by Gasteiger charge is 2.33. The molecule has 19 heavy (non-hydrogen) atoms. The minimum atomic E-state index is -4.34. The topological polar surface area (TPSA) is 26.0 Å². The fourth-order valence-electron chi connectivity index (χ4n) is 1.64. The van der Waals surface area contributed by atoms with Gasteiger partial charge in [-0.25, -0.2) is 0 Å². The fraction of sp³-hybridized carbons (Fsp3) is 0.231. The first kappa shape index (κ1) is 14.4. The maximum Gasteiger partial charge on any atom is 0.417 e. The fourth-order valence-corrected chi connectivity index (χ4v) is 3.50. The summed E-state index contributed by atoms with van der Waals surface area (Å²) in [6.07, 6.45) is -3.89. The normalized spacial score (nSPS) is 11.8. The summed E-state index contributed by atoms with van der Waals surface area (Å²) < 4.78 is 40.0. The third kappa shape index (κ3) is 3.75. The number of nitrogens with two attached hydrogens (primary N) is 1. The molecule has 2 rings (SSSR count). The van der Waals surface area contributed by atoms with E-state index in [-0.39, 0.29) is 4.90 Å². The van der Waals surface area contributed by atoms with E-state index >= 15 is 0 Å². The van der Waals surface area contributed by atoms with Gasteiger partial charge in [-0.15, -0.1) is 11.3 Å². The van der Waals surface area contributed by atoms with Crippen molar-refractivity contribution in [1.29, 1.82) is 0 Å². The molecule has 0 unspecified atom stereocenters. The minimum Gasteiger partial charge on any atom is -0.330 e. The molecule has 0 fully saturated rings. The van der Waals surface area contributed by atoms with Crippen molar-refractivity contribution >= 4 is 23.1 Å². The molecular weight excluding hydrogens is 291 g/mol. The quantitative estimate of drug-likeness (QED) is 0.905. The molecule has 1 aromatic carbocycles. The Hall–Kier alpha value is -0.980. The molecule has 0 saturated heterocycles. The van der Waals surface area contributed by atoms with E-state index < -0.39 is 11.7 Å². The van der Waals surface area contributed by atoms with Crippen molar-refractivity contribution in [3.63, 3.8) is 0 Å². The van der Waals surface area contributed by atoms with Gasteiger partial charge < -0.3 is 5.73 Å². The Labute approximate surface area is 117 Å². The molecule has 0 bridgehead atoms. The van der Waals surface area contributed by atoms with Gasteiger partial charge in [-0.05, 0) is 42.1 Å². The van der Waals surface area contributed by atoms with Crippen LogP contribution >= 0.6 is 23.1 Å². The highest BCUT2D eigenvalue weighted by molar-refractivity contribution is 8.01. The summed E-state index contributed by atoms with van der Waals surface area (Å²) in [7, 11) is 0. The molecule has 0 aliphatic heterocycles. The Kier molecular flexibility index (Phi) is 4.54. The minimum absolute atomic E-state index is 0.232. The standard InChI is InChI=1S/C13H12F3NS2/c14-13(15,16)10-8-9(5-6-17)3-4-11(10)19-12-2-1-7-18-12/h1-4,7-8H,5-6,17H2. The van der Waals surface area contributed by atoms with Gasteiger partial charge in [-0.3, -0.25) is 0 Å². The molecule has 0 atom stereocenters. The van der Waals surface area contributed by atoms with E-state index in [0.717, 1.165) is 16.0 Å². The van der Waals surface area contributed by atoms with Gasteiger partial charge in [-0.2, -0.15) is 13.2 Å². The summed E-state index contributed by atoms with van der Waals surface area (Å²) in [5, 5.41) is 1.85. The molecule has 6 heteroatoms. The van der Waals surface area contributed by atoms with E-state index in [0.29, 0.717) is 18.5 Å². The largest absolute Gasteiger partial charge is 0.417 e. The van der Waals surface area contributed by atoms with Crippen LogP contribution in [0.25, 0.3) is 0 Å². The lowest BCUT2D eigenvalue weighted by molar-refractivity contribution is -0.139. The summed E-state index contributed by atoms with van der Waals surface area (Å²) >= 11 is 2.57. The number of halogens is 3. The van der Waals surface area contributed by atoms with E-state index in [4.69, 9.17) is 5.73 Å². The summed E-state index contributed by atoms with van der Waals surface area (Å²) in [6.45, 7) is 0.342. The second-order valence-electron chi connectivity index (χ2n) is 3.90. The summed E-state index contributed by atoms with van der Waals surface area (Å²) in [5.41, 5.74) is 5.41. The van der Waals surface area contributed by atoms with Crippen molar-refractivity contribution in [1.82, 2.24) is 0 Å². The Morgan fingerprint density at radius 2 is 2.00 bits per heavy atom. The second kappa shape index (κ2) is 5.98. The molecule has 0 aliphatic rings. The lowest BCUT2D eigenvalue weighted by atomic mass is 10.1. The maximum atomic E-state index is 13.1. The smallest absolute Gasteiger partial charge is 0.330 e. The summed E-state index contributed by atoms with van der Waals surface area (Å²) in [5.74, 6) is 0. The predicted octanol–water partition coefficient (Wildman–Crippen LogP) is 4.42. The maximum absolute atomic E-state index is 13.1. The van der Waals surface area contributed by atoms with E-state index in [9.17, 15) is 13.2 Å². The van der Waals surface area contributed by atoms with Crippen LogP contribution < -0.4 is 5.73 Å². The van der Waals surface area contributed by atoms with Crippen molar-refractivity contribution in [3.8, 4) is 0 Å². The van der Waals surface area contributed by atoms with Crippen molar-refractivity contribution in [3.05, 3.63) is 46.8 Å². The number of benzene rings is 1. The number of hydrogen-bond acceptors (Lipinski definition) is 3. The van der Waals surface area contributed by atoms with Crippen LogP contribution in [0.3, 0.4) is 0 Å². The molecule has 102 valence electrons. The van der Waals surface area contributed by atoms with Crippen LogP contribution in [0.4, 0.5) is 13.2 Å². The van der Waals surface area contributed by atoms with Crippen molar-refractivity contribution in [2.45, 2.75) is 21.7 Å². The first-order valence-electron chi connectivity index (χ1n) is 5.62. The van der Waals surface area contributed by atoms with E-state index in [1.54, 1.807) is 6.07 Å². The Morgan fingerprint density at radius 3 is 2.58 bits per heavy atom. The van der Waals surface area contributed by atoms with Crippen LogP contribution in [0.1, 0.15) is 11.1 Å². The van der Waals surface area contributed by atoms with Crippen LogP contribution in [0.2, 0.25) is 0 Å². The SMILES string of the molecule is NCCc1ccc(Sc2cccs2)c(C(F)(F)F)c1. The van der Waals surface area contributed by atoms with Crippen LogP contribution in [-0.2, 0) is 12.6 Å².